The maximum Gasteiger partial charge on any atom is 0.240 e. The van der Waals surface area contributed by atoms with Gasteiger partial charge in [0.2, 0.25) is 10.0 Å². The first-order chi connectivity index (χ1) is 6.42. The van der Waals surface area contributed by atoms with E-state index in [0.717, 1.165) is 5.56 Å². The molecule has 1 aromatic rings. The smallest absolute Gasteiger partial charge is 0.209 e. The molecule has 77 valence electrons. The van der Waals surface area contributed by atoms with Gasteiger partial charge in [0, 0.05) is 6.04 Å². The molecule has 0 fully saturated rings. The van der Waals surface area contributed by atoms with E-state index in [0.29, 0.717) is 4.90 Å². The summed E-state index contributed by atoms with van der Waals surface area (Å²) in [6.07, 6.45) is 0. The van der Waals surface area contributed by atoms with Gasteiger partial charge < -0.3 is 0 Å². The highest BCUT2D eigenvalue weighted by molar-refractivity contribution is 7.89. The number of nitrogens with one attached hydrogen (secondary N) is 1. The lowest BCUT2D eigenvalue weighted by Crippen LogP contribution is -2.30. The molecule has 0 atom stereocenters. The molecular formula is C10H14NO2S. The van der Waals surface area contributed by atoms with Crippen molar-refractivity contribution < 1.29 is 8.42 Å². The molecule has 0 saturated heterocycles. The van der Waals surface area contributed by atoms with E-state index in [4.69, 9.17) is 0 Å². The number of rotatable bonds is 3. The number of benzene rings is 1. The minimum absolute atomic E-state index is 0.0931. The van der Waals surface area contributed by atoms with Crippen molar-refractivity contribution in [1.29, 1.82) is 0 Å². The fraction of sp³-hybridized carbons (Fsp3) is 0.400. The van der Waals surface area contributed by atoms with Gasteiger partial charge in [0.25, 0.3) is 0 Å². The number of sulfonamides is 1. The molecule has 1 N–H and O–H groups in total. The first-order valence-electron chi connectivity index (χ1n) is 4.42. The van der Waals surface area contributed by atoms with E-state index in [1.165, 1.54) is 6.07 Å². The summed E-state index contributed by atoms with van der Waals surface area (Å²) < 4.78 is 25.9. The highest BCUT2D eigenvalue weighted by atomic mass is 32.2. The largest absolute Gasteiger partial charge is 0.240 e. The predicted octanol–water partition coefficient (Wildman–Crippen LogP) is 1.48. The van der Waals surface area contributed by atoms with Crippen molar-refractivity contribution in [3.8, 4) is 0 Å². The zero-order chi connectivity index (χ0) is 10.8. The third-order valence-corrected chi connectivity index (χ3v) is 3.27. The predicted molar refractivity (Wildman–Crippen MR) is 55.5 cm³/mol. The van der Waals surface area contributed by atoms with E-state index in [2.05, 4.69) is 10.8 Å². The summed E-state index contributed by atoms with van der Waals surface area (Å²) >= 11 is 0. The summed E-state index contributed by atoms with van der Waals surface area (Å²) in [7, 11) is -3.35. The number of aryl methyl sites for hydroxylation is 1. The molecule has 0 saturated carbocycles. The molecule has 1 radical (unpaired) electrons. The second-order valence-corrected chi connectivity index (χ2v) is 5.20. The monoisotopic (exact) mass is 212 g/mol. The topological polar surface area (TPSA) is 46.2 Å². The number of hydrogen-bond acceptors (Lipinski definition) is 2. The summed E-state index contributed by atoms with van der Waals surface area (Å²) in [6.45, 7) is 5.40. The van der Waals surface area contributed by atoms with Crippen molar-refractivity contribution in [1.82, 2.24) is 4.72 Å². The molecule has 0 spiro atoms. The Hall–Kier alpha value is -0.870. The van der Waals surface area contributed by atoms with Crippen molar-refractivity contribution in [2.45, 2.75) is 31.7 Å². The van der Waals surface area contributed by atoms with Crippen LogP contribution in [0.3, 0.4) is 0 Å². The molecule has 4 heteroatoms. The van der Waals surface area contributed by atoms with Crippen LogP contribution in [0, 0.1) is 13.0 Å². The van der Waals surface area contributed by atoms with Crippen LogP contribution in [-0.2, 0) is 10.0 Å². The first-order valence-corrected chi connectivity index (χ1v) is 5.91. The molecule has 0 aliphatic heterocycles. The van der Waals surface area contributed by atoms with Crippen LogP contribution in [0.5, 0.6) is 0 Å². The zero-order valence-corrected chi connectivity index (χ0v) is 9.35. The van der Waals surface area contributed by atoms with Crippen LogP contribution < -0.4 is 4.72 Å². The molecule has 0 bridgehead atoms. The summed E-state index contributed by atoms with van der Waals surface area (Å²) in [5.41, 5.74) is 0.816. The normalized spacial score (nSPS) is 12.0. The van der Waals surface area contributed by atoms with Crippen LogP contribution in [0.25, 0.3) is 0 Å². The van der Waals surface area contributed by atoms with Crippen molar-refractivity contribution in [2.24, 2.45) is 0 Å². The van der Waals surface area contributed by atoms with E-state index >= 15 is 0 Å². The first kappa shape index (κ1) is 11.2. The van der Waals surface area contributed by atoms with E-state index in [1.54, 1.807) is 26.0 Å². The fourth-order valence-electron chi connectivity index (χ4n) is 1.10. The molecule has 0 aliphatic carbocycles. The van der Waals surface area contributed by atoms with Gasteiger partial charge in [-0.05, 0) is 44.5 Å². The maximum absolute atomic E-state index is 11.7. The summed E-state index contributed by atoms with van der Waals surface area (Å²) in [4.78, 5) is 0.294. The highest BCUT2D eigenvalue weighted by Gasteiger charge is 2.14. The van der Waals surface area contributed by atoms with Gasteiger partial charge in [-0.2, -0.15) is 0 Å². The highest BCUT2D eigenvalue weighted by Crippen LogP contribution is 2.10. The van der Waals surface area contributed by atoms with Gasteiger partial charge in [0.1, 0.15) is 0 Å². The molecule has 0 unspecified atom stereocenters. The Morgan fingerprint density at radius 2 is 2.07 bits per heavy atom. The van der Waals surface area contributed by atoms with E-state index in [9.17, 15) is 8.42 Å². The van der Waals surface area contributed by atoms with Crippen LogP contribution in [0.2, 0.25) is 0 Å². The lowest BCUT2D eigenvalue weighted by Gasteiger charge is -2.09. The minimum atomic E-state index is -3.35. The molecule has 1 rings (SSSR count). The molecule has 1 aromatic carbocycles. The Bertz CT molecular complexity index is 410. The molecule has 0 amide bonds. The Balaban J connectivity index is 3.05. The van der Waals surface area contributed by atoms with Gasteiger partial charge in [0.05, 0.1) is 4.90 Å². The lowest BCUT2D eigenvalue weighted by atomic mass is 10.2. The van der Waals surface area contributed by atoms with Crippen molar-refractivity contribution in [3.05, 3.63) is 29.8 Å². The van der Waals surface area contributed by atoms with Gasteiger partial charge in [-0.3, -0.25) is 0 Å². The Kier molecular flexibility index (Phi) is 3.29. The van der Waals surface area contributed by atoms with Crippen molar-refractivity contribution >= 4 is 10.0 Å². The Morgan fingerprint density at radius 1 is 1.43 bits per heavy atom. The Morgan fingerprint density at radius 3 is 2.57 bits per heavy atom. The van der Waals surface area contributed by atoms with Crippen LogP contribution >= 0.6 is 0 Å². The molecule has 3 nitrogen and oxygen atoms in total. The summed E-state index contributed by atoms with van der Waals surface area (Å²) in [6, 6.07) is 7.57. The second-order valence-electron chi connectivity index (χ2n) is 3.48. The van der Waals surface area contributed by atoms with Gasteiger partial charge in [-0.25, -0.2) is 13.1 Å². The van der Waals surface area contributed by atoms with Crippen LogP contribution in [0.15, 0.2) is 23.1 Å². The SMILES string of the molecule is Cc1[c]ccc(S(=O)(=O)NC(C)C)c1. The fourth-order valence-corrected chi connectivity index (χ4v) is 2.44. The van der Waals surface area contributed by atoms with Crippen LogP contribution in [0.1, 0.15) is 19.4 Å². The average molecular weight is 212 g/mol. The van der Waals surface area contributed by atoms with Gasteiger partial charge in [-0.1, -0.05) is 6.07 Å². The molecule has 14 heavy (non-hydrogen) atoms. The molecular weight excluding hydrogens is 198 g/mol. The van der Waals surface area contributed by atoms with Crippen LogP contribution in [0.4, 0.5) is 0 Å². The molecule has 0 aromatic heterocycles. The quantitative estimate of drug-likeness (QED) is 0.825. The standard InChI is InChI=1S/C10H14NO2S/c1-8(2)11-14(12,13)10-6-4-5-9(3)7-10/h4,6-8,11H,1-3H3. The van der Waals surface area contributed by atoms with Crippen molar-refractivity contribution in [3.63, 3.8) is 0 Å². The van der Waals surface area contributed by atoms with Crippen molar-refractivity contribution in [2.75, 3.05) is 0 Å². The van der Waals surface area contributed by atoms with Gasteiger partial charge in [0.15, 0.2) is 0 Å². The van der Waals surface area contributed by atoms with Crippen LogP contribution in [-0.4, -0.2) is 14.5 Å². The molecule has 0 heterocycles. The maximum atomic E-state index is 11.7. The Labute approximate surface area is 85.2 Å². The average Bonchev–Trinajstić information content (AvgIpc) is 2.01. The third kappa shape index (κ3) is 2.82. The second kappa shape index (κ2) is 4.11. The summed E-state index contributed by atoms with van der Waals surface area (Å²) in [5, 5.41) is 0. The number of hydrogen-bond donors (Lipinski definition) is 1. The lowest BCUT2D eigenvalue weighted by molar-refractivity contribution is 0.570. The van der Waals surface area contributed by atoms with E-state index in [1.807, 2.05) is 6.92 Å². The zero-order valence-electron chi connectivity index (χ0n) is 8.53. The molecule has 0 aliphatic rings. The van der Waals surface area contributed by atoms with Gasteiger partial charge >= 0.3 is 0 Å². The van der Waals surface area contributed by atoms with E-state index in [-0.39, 0.29) is 6.04 Å². The third-order valence-electron chi connectivity index (χ3n) is 1.62. The minimum Gasteiger partial charge on any atom is -0.209 e. The summed E-state index contributed by atoms with van der Waals surface area (Å²) in [5.74, 6) is 0. The van der Waals surface area contributed by atoms with Gasteiger partial charge in [-0.15, -0.1) is 0 Å². The van der Waals surface area contributed by atoms with E-state index < -0.39 is 10.0 Å².